The van der Waals surface area contributed by atoms with E-state index in [1.807, 2.05) is 18.2 Å². The van der Waals surface area contributed by atoms with Gasteiger partial charge in [-0.15, -0.1) is 0 Å². The second-order valence-electron chi connectivity index (χ2n) is 8.97. The summed E-state index contributed by atoms with van der Waals surface area (Å²) < 4.78 is 5.27. The largest absolute Gasteiger partial charge is 0.444 e. The lowest BCUT2D eigenvalue weighted by Crippen LogP contribution is -2.37. The molecule has 5 N–H and O–H groups in total. The predicted molar refractivity (Wildman–Crippen MR) is 127 cm³/mol. The average molecular weight is 449 g/mol. The van der Waals surface area contributed by atoms with Crippen LogP contribution < -0.4 is 11.1 Å². The highest BCUT2D eigenvalue weighted by Crippen LogP contribution is 2.27. The zero-order chi connectivity index (χ0) is 24.4. The molecule has 0 bridgehead atoms. The molecule has 172 valence electrons. The van der Waals surface area contributed by atoms with E-state index in [-0.39, 0.29) is 12.3 Å². The second-order valence-corrected chi connectivity index (χ2v) is 8.97. The van der Waals surface area contributed by atoms with Crippen LogP contribution in [0.15, 0.2) is 42.5 Å². The van der Waals surface area contributed by atoms with Gasteiger partial charge in [0.2, 0.25) is 5.60 Å². The van der Waals surface area contributed by atoms with Crippen LogP contribution in [0.25, 0.3) is 11.1 Å². The number of benzene rings is 2. The van der Waals surface area contributed by atoms with E-state index in [4.69, 9.17) is 15.9 Å². The first-order valence-corrected chi connectivity index (χ1v) is 10.5. The number of ether oxygens (including phenoxy) is 1. The van der Waals surface area contributed by atoms with Crippen LogP contribution in [0.4, 0.5) is 10.5 Å². The average Bonchev–Trinajstić information content (AvgIpc) is 2.99. The van der Waals surface area contributed by atoms with E-state index in [2.05, 4.69) is 17.2 Å². The lowest BCUT2D eigenvalue weighted by atomic mass is 9.98. The fraction of sp³-hybridized carbons (Fsp3) is 0.320. The van der Waals surface area contributed by atoms with Crippen LogP contribution in [-0.4, -0.2) is 52.6 Å². The van der Waals surface area contributed by atoms with Gasteiger partial charge >= 0.3 is 6.09 Å². The number of aliphatic hydroxyl groups is 1. The Balaban J connectivity index is 1.88. The van der Waals surface area contributed by atoms with Gasteiger partial charge in [0.05, 0.1) is 5.69 Å². The number of amides is 2. The van der Waals surface area contributed by atoms with Crippen LogP contribution in [0.2, 0.25) is 0 Å². The molecular formula is C25H28N4O4. The first-order valence-electron chi connectivity index (χ1n) is 10.5. The van der Waals surface area contributed by atoms with Crippen molar-refractivity contribution in [2.45, 2.75) is 38.4 Å². The van der Waals surface area contributed by atoms with Crippen LogP contribution in [-0.2, 0) is 9.53 Å². The van der Waals surface area contributed by atoms with Crippen molar-refractivity contribution < 1.29 is 19.4 Å². The van der Waals surface area contributed by atoms with Gasteiger partial charge in [0.25, 0.3) is 5.91 Å². The van der Waals surface area contributed by atoms with Crippen molar-refractivity contribution in [3.8, 4) is 23.0 Å². The number of likely N-dealkylation sites (tertiary alicyclic amines) is 1. The standard InChI is InChI=1S/C25H28N4O4/c1-24(2,3)33-23(31)28-20-9-8-18(15-19(20)21(26)27)17-7-5-6-16(14-17)10-11-25(32)12-13-29(4)22(25)30/h5-9,14-15,32H,12-13H2,1-4H3,(H3,26,27)(H,28,31). The molecule has 0 radical (unpaired) electrons. The molecular weight excluding hydrogens is 420 g/mol. The Morgan fingerprint density at radius 1 is 1.24 bits per heavy atom. The summed E-state index contributed by atoms with van der Waals surface area (Å²) in [5, 5.41) is 21.1. The molecule has 0 aromatic heterocycles. The summed E-state index contributed by atoms with van der Waals surface area (Å²) in [5.74, 6) is 5.01. The van der Waals surface area contributed by atoms with E-state index in [1.54, 1.807) is 52.1 Å². The van der Waals surface area contributed by atoms with E-state index >= 15 is 0 Å². The number of nitrogens with one attached hydrogen (secondary N) is 2. The van der Waals surface area contributed by atoms with Crippen LogP contribution in [0.5, 0.6) is 0 Å². The zero-order valence-corrected chi connectivity index (χ0v) is 19.2. The highest BCUT2D eigenvalue weighted by Gasteiger charge is 2.42. The maximum absolute atomic E-state index is 12.1. The number of amidine groups is 1. The molecule has 3 rings (SSSR count). The third kappa shape index (κ3) is 5.70. The Kier molecular flexibility index (Phi) is 6.47. The number of nitrogens with two attached hydrogens (primary N) is 1. The van der Waals surface area contributed by atoms with Crippen LogP contribution in [0.3, 0.4) is 0 Å². The summed E-state index contributed by atoms with van der Waals surface area (Å²) in [4.78, 5) is 25.7. The SMILES string of the molecule is CN1CCC(O)(C#Cc2cccc(-c3ccc(NC(=O)OC(C)(C)C)c(C(=N)N)c3)c2)C1=O. The summed E-state index contributed by atoms with van der Waals surface area (Å²) >= 11 is 0. The van der Waals surface area contributed by atoms with Gasteiger partial charge in [0.15, 0.2) is 0 Å². The Labute approximate surface area is 193 Å². The van der Waals surface area contributed by atoms with Crippen molar-refractivity contribution in [3.63, 3.8) is 0 Å². The molecule has 2 aromatic carbocycles. The number of likely N-dealkylation sites (N-methyl/N-ethyl adjacent to an activating group) is 1. The number of hydrogen-bond acceptors (Lipinski definition) is 5. The number of nitrogen functional groups attached to an aromatic ring is 1. The molecule has 1 aliphatic heterocycles. The van der Waals surface area contributed by atoms with Gasteiger partial charge < -0.3 is 20.5 Å². The quantitative estimate of drug-likeness (QED) is 0.326. The third-order valence-corrected chi connectivity index (χ3v) is 5.06. The van der Waals surface area contributed by atoms with Gasteiger partial charge in [-0.1, -0.05) is 30.0 Å². The van der Waals surface area contributed by atoms with E-state index in [9.17, 15) is 14.7 Å². The predicted octanol–water partition coefficient (Wildman–Crippen LogP) is 2.93. The first kappa shape index (κ1) is 23.8. The monoisotopic (exact) mass is 448 g/mol. The Bertz CT molecular complexity index is 1170. The lowest BCUT2D eigenvalue weighted by Gasteiger charge is -2.20. The number of nitrogens with zero attached hydrogens (tertiary/aromatic N) is 1. The molecule has 1 atom stereocenters. The molecule has 33 heavy (non-hydrogen) atoms. The molecule has 8 heteroatoms. The van der Waals surface area contributed by atoms with E-state index < -0.39 is 23.2 Å². The van der Waals surface area contributed by atoms with Crippen LogP contribution >= 0.6 is 0 Å². The summed E-state index contributed by atoms with van der Waals surface area (Å²) in [6.07, 6.45) is -0.372. The summed E-state index contributed by atoms with van der Waals surface area (Å²) in [5.41, 5.74) is 6.33. The summed E-state index contributed by atoms with van der Waals surface area (Å²) in [6.45, 7) is 5.74. The molecule has 1 aliphatic rings. The van der Waals surface area contributed by atoms with Crippen molar-refractivity contribution in [3.05, 3.63) is 53.6 Å². The number of anilines is 1. The summed E-state index contributed by atoms with van der Waals surface area (Å²) in [7, 11) is 1.64. The van der Waals surface area contributed by atoms with E-state index in [1.165, 1.54) is 4.90 Å². The Hall–Kier alpha value is -3.83. The Morgan fingerprint density at radius 2 is 1.94 bits per heavy atom. The molecule has 1 fully saturated rings. The first-order chi connectivity index (χ1) is 15.4. The van der Waals surface area contributed by atoms with Crippen LogP contribution in [0.1, 0.15) is 38.3 Å². The number of hydrogen-bond donors (Lipinski definition) is 4. The lowest BCUT2D eigenvalue weighted by molar-refractivity contribution is -0.137. The van der Waals surface area contributed by atoms with Gasteiger partial charge in [-0.25, -0.2) is 4.79 Å². The topological polar surface area (TPSA) is 129 Å². The van der Waals surface area contributed by atoms with Crippen molar-refractivity contribution in [2.75, 3.05) is 18.9 Å². The second kappa shape index (κ2) is 8.96. The molecule has 0 spiro atoms. The van der Waals surface area contributed by atoms with Gasteiger partial charge in [-0.2, -0.15) is 0 Å². The van der Waals surface area contributed by atoms with Gasteiger partial charge in [0, 0.05) is 31.1 Å². The molecule has 0 aliphatic carbocycles. The molecule has 0 saturated carbocycles. The maximum atomic E-state index is 12.1. The van der Waals surface area contributed by atoms with Gasteiger partial charge in [0.1, 0.15) is 11.4 Å². The molecule has 1 saturated heterocycles. The molecule has 2 amide bonds. The molecule has 2 aromatic rings. The van der Waals surface area contributed by atoms with Crippen molar-refractivity contribution in [1.82, 2.24) is 4.90 Å². The van der Waals surface area contributed by atoms with E-state index in [0.29, 0.717) is 23.4 Å². The minimum atomic E-state index is -1.67. The molecule has 8 nitrogen and oxygen atoms in total. The van der Waals surface area contributed by atoms with Crippen molar-refractivity contribution in [1.29, 1.82) is 5.41 Å². The number of rotatable bonds is 3. The molecule has 1 unspecified atom stereocenters. The van der Waals surface area contributed by atoms with Crippen LogP contribution in [0, 0.1) is 17.3 Å². The smallest absolute Gasteiger partial charge is 0.412 e. The number of carbonyl (C=O) groups excluding carboxylic acids is 2. The summed E-state index contributed by atoms with van der Waals surface area (Å²) in [6, 6.07) is 12.4. The third-order valence-electron chi connectivity index (χ3n) is 5.06. The Morgan fingerprint density at radius 3 is 2.55 bits per heavy atom. The normalized spacial score (nSPS) is 17.8. The highest BCUT2D eigenvalue weighted by molar-refractivity contribution is 6.04. The minimum Gasteiger partial charge on any atom is -0.444 e. The van der Waals surface area contributed by atoms with Gasteiger partial charge in [-0.3, -0.25) is 15.5 Å². The minimum absolute atomic E-state index is 0.204. The zero-order valence-electron chi connectivity index (χ0n) is 19.2. The highest BCUT2D eigenvalue weighted by atomic mass is 16.6. The fourth-order valence-electron chi connectivity index (χ4n) is 3.39. The molecule has 1 heterocycles. The van der Waals surface area contributed by atoms with Gasteiger partial charge in [-0.05, 0) is 56.2 Å². The van der Waals surface area contributed by atoms with E-state index in [0.717, 1.165) is 11.1 Å². The van der Waals surface area contributed by atoms with Crippen molar-refractivity contribution >= 4 is 23.5 Å². The number of carbonyl (C=O) groups is 2. The fourth-order valence-corrected chi connectivity index (χ4v) is 3.39. The maximum Gasteiger partial charge on any atom is 0.412 e. The van der Waals surface area contributed by atoms with Crippen molar-refractivity contribution in [2.24, 2.45) is 5.73 Å².